The molecule has 2 aliphatic rings. The maximum Gasteiger partial charge on any atom is 0.333 e. The molecule has 0 aliphatic carbocycles. The summed E-state index contributed by atoms with van der Waals surface area (Å²) in [6.07, 6.45) is 1.01. The molecule has 0 N–H and O–H groups in total. The highest BCUT2D eigenvalue weighted by Crippen LogP contribution is 2.53. The van der Waals surface area contributed by atoms with Crippen LogP contribution in [-0.4, -0.2) is 15.9 Å². The van der Waals surface area contributed by atoms with E-state index in [-0.39, 0.29) is 44.8 Å². The molecule has 2 aliphatic heterocycles. The molecule has 0 spiro atoms. The van der Waals surface area contributed by atoms with Crippen molar-refractivity contribution in [1.29, 1.82) is 0 Å². The zero-order valence-electron chi connectivity index (χ0n) is 55.0. The Morgan fingerprint density at radius 2 is 0.869 bits per heavy atom. The number of anilines is 3. The van der Waals surface area contributed by atoms with Crippen LogP contribution >= 0.6 is 0 Å². The molecule has 3 nitrogen and oxygen atoms in total. The topological polar surface area (TPSA) is 13.1 Å². The zero-order chi connectivity index (χ0) is 60.5. The molecule has 12 rings (SSSR count). The summed E-state index contributed by atoms with van der Waals surface area (Å²) < 4.78 is 5.41. The van der Waals surface area contributed by atoms with Gasteiger partial charge in [0, 0.05) is 66.8 Å². The molecule has 2 aromatic heterocycles. The SMILES string of the molecule is Cc1cc(CC(C)(C)C)ccc1-c1c(-c2ccc(C(C)(C)C)cc2)c2cc(C(C)(C)C)cc3c2n1B1c2cc4c5cc(C(C)(C)C)ccc5n(-c5ccc(C(C)(C)C)cc5)c4cc2N(c2ccc(C(C)(C)C)cc2)c2cc(C(C)(C)C)cc-3c21. The van der Waals surface area contributed by atoms with Gasteiger partial charge in [0.05, 0.1) is 11.0 Å². The van der Waals surface area contributed by atoms with Crippen molar-refractivity contribution >= 4 is 67.5 Å². The summed E-state index contributed by atoms with van der Waals surface area (Å²) in [7, 11) is 0. The highest BCUT2D eigenvalue weighted by Gasteiger charge is 2.46. The van der Waals surface area contributed by atoms with Gasteiger partial charge in [0.25, 0.3) is 0 Å². The van der Waals surface area contributed by atoms with Gasteiger partial charge in [0.2, 0.25) is 0 Å². The van der Waals surface area contributed by atoms with Crippen LogP contribution in [0.4, 0.5) is 17.1 Å². The lowest BCUT2D eigenvalue weighted by Crippen LogP contribution is -2.57. The van der Waals surface area contributed by atoms with Crippen molar-refractivity contribution in [3.63, 3.8) is 0 Å². The van der Waals surface area contributed by atoms with E-state index >= 15 is 0 Å². The van der Waals surface area contributed by atoms with Crippen LogP contribution in [0.1, 0.15) is 190 Å². The highest BCUT2D eigenvalue weighted by atomic mass is 15.2. The third-order valence-corrected chi connectivity index (χ3v) is 18.7. The summed E-state index contributed by atoms with van der Waals surface area (Å²) >= 11 is 0. The van der Waals surface area contributed by atoms with Gasteiger partial charge in [-0.1, -0.05) is 230 Å². The Hall–Kier alpha value is -7.04. The average Bonchev–Trinajstić information content (AvgIpc) is 1.42. The smallest absolute Gasteiger partial charge is 0.333 e. The van der Waals surface area contributed by atoms with Gasteiger partial charge >= 0.3 is 6.85 Å². The molecule has 0 bridgehead atoms. The molecule has 0 fully saturated rings. The summed E-state index contributed by atoms with van der Waals surface area (Å²) in [5, 5.41) is 3.87. The van der Waals surface area contributed by atoms with Gasteiger partial charge < -0.3 is 13.9 Å². The van der Waals surface area contributed by atoms with Crippen LogP contribution in [-0.2, 0) is 38.9 Å². The summed E-state index contributed by atoms with van der Waals surface area (Å²) in [5.74, 6) is 0. The largest absolute Gasteiger partial charge is 0.375 e. The Morgan fingerprint density at radius 1 is 0.381 bits per heavy atom. The van der Waals surface area contributed by atoms with Crippen LogP contribution in [0.2, 0.25) is 0 Å². The summed E-state index contributed by atoms with van der Waals surface area (Å²) in [4.78, 5) is 2.66. The van der Waals surface area contributed by atoms with E-state index in [1.807, 2.05) is 0 Å². The summed E-state index contributed by atoms with van der Waals surface area (Å²) in [6.45, 7) is 51.6. The lowest BCUT2D eigenvalue weighted by atomic mass is 9.44. The monoisotopic (exact) mass is 1110 g/mol. The van der Waals surface area contributed by atoms with Gasteiger partial charge in [-0.05, 0) is 178 Å². The van der Waals surface area contributed by atoms with Gasteiger partial charge in [-0.2, -0.15) is 0 Å². The number of aryl methyl sites for hydroxylation is 1. The Morgan fingerprint density at radius 3 is 1.40 bits per heavy atom. The van der Waals surface area contributed by atoms with Crippen LogP contribution in [0.25, 0.3) is 71.9 Å². The molecule has 84 heavy (non-hydrogen) atoms. The number of nitrogens with zero attached hydrogens (tertiary/aromatic N) is 3. The minimum absolute atomic E-state index is 0.00514. The van der Waals surface area contributed by atoms with Crippen LogP contribution in [0.15, 0.2) is 146 Å². The summed E-state index contributed by atoms with van der Waals surface area (Å²) in [5.41, 5.74) is 29.5. The second-order valence-corrected chi connectivity index (χ2v) is 32.8. The Labute approximate surface area is 504 Å². The first-order chi connectivity index (χ1) is 39.0. The Bertz CT molecular complexity index is 4280. The Kier molecular flexibility index (Phi) is 13.0. The van der Waals surface area contributed by atoms with E-state index in [1.54, 1.807) is 0 Å². The van der Waals surface area contributed by atoms with Crippen LogP contribution in [0, 0.1) is 12.3 Å². The molecular weight excluding hydrogens is 1010 g/mol. The fourth-order valence-corrected chi connectivity index (χ4v) is 13.8. The number of rotatable bonds is 5. The molecule has 8 aromatic carbocycles. The van der Waals surface area contributed by atoms with E-state index in [0.717, 1.165) is 6.42 Å². The minimum atomic E-state index is -0.189. The second kappa shape index (κ2) is 19.0. The molecular formula is C80H92BN3. The maximum atomic E-state index is 2.86. The van der Waals surface area contributed by atoms with Crippen LogP contribution < -0.4 is 15.8 Å². The number of benzene rings is 8. The van der Waals surface area contributed by atoms with E-state index < -0.39 is 0 Å². The first-order valence-electron chi connectivity index (χ1n) is 31.2. The number of hydrogen-bond acceptors (Lipinski definition) is 1. The fourth-order valence-electron chi connectivity index (χ4n) is 13.8. The van der Waals surface area contributed by atoms with Crippen molar-refractivity contribution in [2.45, 2.75) is 191 Å². The standard InChI is InChI=1S/C80H92BN3/c1-48-39-49(47-74(2,3)4)23-37-59(48)73-70(50-24-26-51(27-25-50)75(5,6)7)64-43-55(79(17,18)19)42-63-62-41-56(80(20,21)22)44-69-71(62)81(84(73)72(63)64)65-45-61-60-40-54(78(14,15)16)32-38-66(60)82(57-33-28-52(29-34-57)76(8,9)10)67(61)46-68(65)83(69)58-35-30-53(31-36-58)77(11,12)13/h23-46H,47H2,1-22H3. The molecule has 0 saturated carbocycles. The van der Waals surface area contributed by atoms with Crippen molar-refractivity contribution in [2.75, 3.05) is 4.90 Å². The van der Waals surface area contributed by atoms with E-state index in [2.05, 4.69) is 312 Å². The van der Waals surface area contributed by atoms with Crippen molar-refractivity contribution in [3.05, 3.63) is 190 Å². The molecule has 0 radical (unpaired) electrons. The van der Waals surface area contributed by atoms with Gasteiger partial charge in [0.15, 0.2) is 0 Å². The van der Waals surface area contributed by atoms with Crippen molar-refractivity contribution in [3.8, 4) is 39.2 Å². The minimum Gasteiger partial charge on any atom is -0.375 e. The molecule has 0 atom stereocenters. The van der Waals surface area contributed by atoms with E-state index in [4.69, 9.17) is 0 Å². The normalized spacial score (nSPS) is 14.1. The van der Waals surface area contributed by atoms with E-state index in [1.165, 1.54) is 144 Å². The average molecular weight is 1110 g/mol. The summed E-state index contributed by atoms with van der Waals surface area (Å²) in [6, 6.07) is 58.9. The second-order valence-electron chi connectivity index (χ2n) is 32.8. The molecule has 0 unspecified atom stereocenters. The van der Waals surface area contributed by atoms with Gasteiger partial charge in [-0.25, -0.2) is 0 Å². The zero-order valence-corrected chi connectivity index (χ0v) is 55.0. The van der Waals surface area contributed by atoms with Gasteiger partial charge in [-0.3, -0.25) is 0 Å². The van der Waals surface area contributed by atoms with Crippen molar-refractivity contribution in [1.82, 2.24) is 9.05 Å². The van der Waals surface area contributed by atoms with Gasteiger partial charge in [-0.15, -0.1) is 0 Å². The third kappa shape index (κ3) is 9.67. The van der Waals surface area contributed by atoms with E-state index in [9.17, 15) is 0 Å². The highest BCUT2D eigenvalue weighted by molar-refractivity contribution is 6.90. The first-order valence-corrected chi connectivity index (χ1v) is 31.2. The van der Waals surface area contributed by atoms with Crippen LogP contribution in [0.3, 0.4) is 0 Å². The lowest BCUT2D eigenvalue weighted by molar-refractivity contribution is 0.411. The third-order valence-electron chi connectivity index (χ3n) is 18.7. The predicted octanol–water partition coefficient (Wildman–Crippen LogP) is 21.2. The van der Waals surface area contributed by atoms with Crippen molar-refractivity contribution < 1.29 is 0 Å². The van der Waals surface area contributed by atoms with Crippen LogP contribution in [0.5, 0.6) is 0 Å². The Balaban J connectivity index is 1.30. The first kappa shape index (κ1) is 57.4. The van der Waals surface area contributed by atoms with Crippen molar-refractivity contribution in [2.24, 2.45) is 5.41 Å². The molecule has 0 amide bonds. The molecule has 4 heteroatoms. The number of hydrogen-bond donors (Lipinski definition) is 0. The van der Waals surface area contributed by atoms with E-state index in [0.29, 0.717) is 0 Å². The van der Waals surface area contributed by atoms with Gasteiger partial charge in [0.1, 0.15) is 0 Å². The molecule has 430 valence electrons. The fraction of sp³-hybridized carbons (Fsp3) is 0.375. The number of fused-ring (bicyclic) bond motifs is 7. The molecule has 0 saturated heterocycles. The number of aromatic nitrogens is 2. The lowest BCUT2D eigenvalue weighted by Gasteiger charge is -2.42. The quantitative estimate of drug-likeness (QED) is 0.157. The molecule has 10 aromatic rings. The molecule has 4 heterocycles. The maximum absolute atomic E-state index is 2.86. The predicted molar refractivity (Wildman–Crippen MR) is 368 cm³/mol.